The smallest absolute Gasteiger partial charge is 0.269 e. The highest BCUT2D eigenvalue weighted by Crippen LogP contribution is 2.38. The first-order valence-corrected chi connectivity index (χ1v) is 20.5. The second-order valence-corrected chi connectivity index (χ2v) is 16.0. The third-order valence-corrected chi connectivity index (χ3v) is 11.8. The minimum Gasteiger partial charge on any atom is -0.399 e. The number of nitro groups is 1. The zero-order valence-corrected chi connectivity index (χ0v) is 34.0. The molecular weight excluding hydrogens is 741 g/mol. The fourth-order valence-corrected chi connectivity index (χ4v) is 8.51. The van der Waals surface area contributed by atoms with Crippen molar-refractivity contribution in [2.45, 2.75) is 13.1 Å². The molecule has 0 fully saturated rings. The number of benzene rings is 8. The van der Waals surface area contributed by atoms with Crippen molar-refractivity contribution in [3.63, 3.8) is 0 Å². The lowest BCUT2D eigenvalue weighted by atomic mass is 10.0. The third-order valence-electron chi connectivity index (χ3n) is 11.8. The van der Waals surface area contributed by atoms with E-state index in [0.717, 1.165) is 56.1 Å². The Labute approximate surface area is 351 Å². The van der Waals surface area contributed by atoms with Crippen molar-refractivity contribution in [3.8, 4) is 22.3 Å². The molecular formula is C52H48N6O2. The third kappa shape index (κ3) is 8.16. The summed E-state index contributed by atoms with van der Waals surface area (Å²) >= 11 is 0. The standard InChI is InChI=1S/C26H23N3O2.C26H25N3/c1-27-14-15-28(25-12-8-19-4-2-3-5-21(19)17-25)26-13-9-22(16-23(26)18-27)20-6-10-24(11-7-20)29(30)31;1-28-14-15-29(25-12-8-19-4-2-3-5-21(19)17-25)26-13-9-22(16-23(26)18-28)20-6-10-24(27)11-7-20/h2-13,16-17H,14-15,18H2,1H3;2-13,16-17H,14-15,18,27H2,1H3. The van der Waals surface area contributed by atoms with Crippen molar-refractivity contribution in [2.75, 3.05) is 55.8 Å². The maximum Gasteiger partial charge on any atom is 0.269 e. The maximum atomic E-state index is 11.0. The molecule has 0 saturated carbocycles. The summed E-state index contributed by atoms with van der Waals surface area (Å²) in [5, 5.41) is 16.0. The predicted molar refractivity (Wildman–Crippen MR) is 249 cm³/mol. The number of non-ortho nitro benzene ring substituents is 1. The molecule has 8 nitrogen and oxygen atoms in total. The number of likely N-dealkylation sites (N-methyl/N-ethyl adjacent to an activating group) is 2. The van der Waals surface area contributed by atoms with Crippen molar-refractivity contribution in [1.82, 2.24) is 9.80 Å². The Balaban J connectivity index is 0.000000154. The van der Waals surface area contributed by atoms with Crippen LogP contribution in [-0.4, -0.2) is 55.0 Å². The zero-order chi connectivity index (χ0) is 41.2. The number of fused-ring (bicyclic) bond motifs is 4. The van der Waals surface area contributed by atoms with Crippen molar-refractivity contribution in [2.24, 2.45) is 0 Å². The molecule has 0 radical (unpaired) electrons. The van der Waals surface area contributed by atoms with Crippen LogP contribution in [-0.2, 0) is 13.1 Å². The Morgan fingerprint density at radius 3 is 1.33 bits per heavy atom. The highest BCUT2D eigenvalue weighted by Gasteiger charge is 2.22. The van der Waals surface area contributed by atoms with Gasteiger partial charge >= 0.3 is 0 Å². The highest BCUT2D eigenvalue weighted by atomic mass is 16.6. The molecule has 0 amide bonds. The minimum absolute atomic E-state index is 0.112. The lowest BCUT2D eigenvalue weighted by Gasteiger charge is -2.25. The summed E-state index contributed by atoms with van der Waals surface area (Å²) < 4.78 is 0. The molecule has 60 heavy (non-hydrogen) atoms. The van der Waals surface area contributed by atoms with E-state index in [0.29, 0.717) is 0 Å². The van der Waals surface area contributed by atoms with Gasteiger partial charge in [0.05, 0.1) is 4.92 Å². The van der Waals surface area contributed by atoms with E-state index in [9.17, 15) is 10.1 Å². The second kappa shape index (κ2) is 16.7. The van der Waals surface area contributed by atoms with Gasteiger partial charge in [0.2, 0.25) is 0 Å². The summed E-state index contributed by atoms with van der Waals surface area (Å²) in [5.74, 6) is 0. The van der Waals surface area contributed by atoms with E-state index in [1.807, 2.05) is 24.3 Å². The molecule has 0 unspecified atom stereocenters. The van der Waals surface area contributed by atoms with Gasteiger partial charge in [-0.2, -0.15) is 0 Å². The number of hydrogen-bond donors (Lipinski definition) is 1. The molecule has 10 rings (SSSR count). The van der Waals surface area contributed by atoms with Crippen LogP contribution in [0.1, 0.15) is 11.1 Å². The van der Waals surface area contributed by atoms with Crippen LogP contribution < -0.4 is 15.5 Å². The molecule has 8 aromatic carbocycles. The van der Waals surface area contributed by atoms with Crippen LogP contribution in [0.3, 0.4) is 0 Å². The number of nitro benzene ring substituents is 1. The summed E-state index contributed by atoms with van der Waals surface area (Å²) in [6, 6.07) is 58.6. The number of rotatable bonds is 5. The van der Waals surface area contributed by atoms with E-state index in [1.54, 1.807) is 12.1 Å². The van der Waals surface area contributed by atoms with Gasteiger partial charge in [-0.1, -0.05) is 84.9 Å². The summed E-state index contributed by atoms with van der Waals surface area (Å²) in [7, 11) is 4.34. The lowest BCUT2D eigenvalue weighted by Crippen LogP contribution is -2.26. The fraction of sp³-hybridized carbons (Fsp3) is 0.154. The van der Waals surface area contributed by atoms with E-state index in [1.165, 1.54) is 66.5 Å². The van der Waals surface area contributed by atoms with Crippen molar-refractivity contribution in [3.05, 3.63) is 191 Å². The summed E-state index contributed by atoms with van der Waals surface area (Å²) in [5.41, 5.74) is 18.8. The molecule has 2 heterocycles. The van der Waals surface area contributed by atoms with Crippen molar-refractivity contribution in [1.29, 1.82) is 0 Å². The van der Waals surface area contributed by atoms with Crippen LogP contribution in [0.4, 0.5) is 34.1 Å². The topological polar surface area (TPSA) is 82.1 Å². The van der Waals surface area contributed by atoms with Crippen molar-refractivity contribution >= 4 is 55.7 Å². The first kappa shape index (κ1) is 38.5. The first-order chi connectivity index (χ1) is 29.3. The van der Waals surface area contributed by atoms with Crippen LogP contribution in [0.25, 0.3) is 43.8 Å². The quantitative estimate of drug-likeness (QED) is 0.106. The monoisotopic (exact) mass is 788 g/mol. The van der Waals surface area contributed by atoms with Crippen molar-refractivity contribution < 1.29 is 4.92 Å². The van der Waals surface area contributed by atoms with Gasteiger partial charge in [0.25, 0.3) is 5.69 Å². The van der Waals surface area contributed by atoms with E-state index in [-0.39, 0.29) is 10.6 Å². The second-order valence-electron chi connectivity index (χ2n) is 16.0. The molecule has 2 N–H and O–H groups in total. The van der Waals surface area contributed by atoms with Gasteiger partial charge in [-0.3, -0.25) is 10.1 Å². The molecule has 298 valence electrons. The van der Waals surface area contributed by atoms with Crippen LogP contribution in [0.15, 0.2) is 170 Å². The SMILES string of the molecule is CN1CCN(c2ccc3ccccc3c2)c2ccc(-c3ccc(N)cc3)cc2C1.CN1CCN(c2ccc3ccccc3c2)c2ccc(-c3ccc([N+](=O)[O-])cc3)cc2C1. The van der Waals surface area contributed by atoms with Crippen LogP contribution in [0.2, 0.25) is 0 Å². The van der Waals surface area contributed by atoms with Gasteiger partial charge in [0.15, 0.2) is 0 Å². The molecule has 2 aliphatic heterocycles. The van der Waals surface area contributed by atoms with E-state index in [4.69, 9.17) is 5.73 Å². The molecule has 0 aliphatic carbocycles. The molecule has 8 heteroatoms. The summed E-state index contributed by atoms with van der Waals surface area (Å²) in [6.45, 7) is 5.69. The Kier molecular flexibility index (Phi) is 10.7. The van der Waals surface area contributed by atoms with E-state index >= 15 is 0 Å². The Morgan fingerprint density at radius 2 is 0.883 bits per heavy atom. The van der Waals surface area contributed by atoms with Gasteiger partial charge in [-0.25, -0.2) is 0 Å². The largest absolute Gasteiger partial charge is 0.399 e. The number of hydrogen-bond acceptors (Lipinski definition) is 7. The summed E-state index contributed by atoms with van der Waals surface area (Å²) in [4.78, 5) is 20.2. The zero-order valence-electron chi connectivity index (χ0n) is 34.0. The number of nitrogen functional groups attached to an aromatic ring is 1. The average molecular weight is 789 g/mol. The average Bonchev–Trinajstić information content (AvgIpc) is 3.55. The van der Waals surface area contributed by atoms with Gasteiger partial charge in [0.1, 0.15) is 0 Å². The number of anilines is 5. The summed E-state index contributed by atoms with van der Waals surface area (Å²) in [6.07, 6.45) is 0. The molecule has 0 aromatic heterocycles. The van der Waals surface area contributed by atoms with Crippen LogP contribution in [0, 0.1) is 10.1 Å². The normalized spacial score (nSPS) is 14.4. The fourth-order valence-electron chi connectivity index (χ4n) is 8.51. The molecule has 8 aromatic rings. The number of nitrogens with zero attached hydrogens (tertiary/aromatic N) is 5. The lowest BCUT2D eigenvalue weighted by molar-refractivity contribution is -0.384. The molecule has 0 saturated heterocycles. The minimum atomic E-state index is -0.364. The maximum absolute atomic E-state index is 11.0. The molecule has 0 bridgehead atoms. The molecule has 2 aliphatic rings. The van der Waals surface area contributed by atoms with Gasteiger partial charge < -0.3 is 25.3 Å². The first-order valence-electron chi connectivity index (χ1n) is 20.5. The van der Waals surface area contributed by atoms with Crippen LogP contribution >= 0.6 is 0 Å². The Morgan fingerprint density at radius 1 is 0.467 bits per heavy atom. The van der Waals surface area contributed by atoms with E-state index < -0.39 is 0 Å². The van der Waals surface area contributed by atoms with Crippen LogP contribution in [0.5, 0.6) is 0 Å². The highest BCUT2D eigenvalue weighted by molar-refractivity contribution is 5.89. The van der Waals surface area contributed by atoms with Gasteiger partial charge in [-0.15, -0.1) is 0 Å². The number of nitrogens with two attached hydrogens (primary N) is 1. The van der Waals surface area contributed by atoms with E-state index in [2.05, 4.69) is 167 Å². The molecule has 0 spiro atoms. The Hall–Kier alpha value is -7.00. The van der Waals surface area contributed by atoms with Gasteiger partial charge in [-0.05, 0) is 142 Å². The Bertz CT molecular complexity index is 2820. The molecule has 0 atom stereocenters. The predicted octanol–water partition coefficient (Wildman–Crippen LogP) is 11.7. The van der Waals surface area contributed by atoms with Gasteiger partial charge in [0, 0.05) is 79.8 Å².